The van der Waals surface area contributed by atoms with Gasteiger partial charge in [0.1, 0.15) is 10.0 Å². The Morgan fingerprint density at radius 3 is 2.53 bits per heavy atom. The van der Waals surface area contributed by atoms with Gasteiger partial charge in [0.05, 0.1) is 16.8 Å². The number of carbonyl (C=O) groups is 2. The summed E-state index contributed by atoms with van der Waals surface area (Å²) in [6.45, 7) is 0.408. The maximum absolute atomic E-state index is 12.5. The number of para-hydroxylation sites is 1. The molecule has 0 unspecified atom stereocenters. The van der Waals surface area contributed by atoms with Crippen LogP contribution in [0.5, 0.6) is 0 Å². The zero-order valence-corrected chi connectivity index (χ0v) is 18.5. The number of aromatic nitrogens is 3. The van der Waals surface area contributed by atoms with Gasteiger partial charge in [-0.3, -0.25) is 15.0 Å². The molecule has 0 aliphatic heterocycles. The Morgan fingerprint density at radius 1 is 1.03 bits per heavy atom. The van der Waals surface area contributed by atoms with Crippen molar-refractivity contribution in [3.8, 4) is 0 Å². The first-order valence-electron chi connectivity index (χ1n) is 10.1. The summed E-state index contributed by atoms with van der Waals surface area (Å²) in [6, 6.07) is 14.6. The van der Waals surface area contributed by atoms with Crippen LogP contribution in [-0.2, 0) is 13.1 Å². The van der Waals surface area contributed by atoms with Gasteiger partial charge in [-0.2, -0.15) is 0 Å². The molecule has 10 heteroatoms. The standard InChI is InChI=1S/C22H19N5O3S2/c28-19(24-21-26-25-20(32-21)15-9-10-15)14-7-5-13(6-8-14)11-27(22(29)30)12-18-23-16-3-1-2-4-17(16)31-18/h1-8,15H,9-12H2,(H,29,30)(H,24,26,28). The van der Waals surface area contributed by atoms with Crippen LogP contribution in [0, 0.1) is 0 Å². The molecule has 1 aliphatic carbocycles. The van der Waals surface area contributed by atoms with Crippen LogP contribution in [0.2, 0.25) is 0 Å². The topological polar surface area (TPSA) is 108 Å². The zero-order chi connectivity index (χ0) is 22.1. The fourth-order valence-corrected chi connectivity index (χ4v) is 5.16. The Balaban J connectivity index is 1.23. The number of fused-ring (bicyclic) bond motifs is 1. The normalized spacial score (nSPS) is 13.2. The van der Waals surface area contributed by atoms with Crippen molar-refractivity contribution in [2.24, 2.45) is 0 Å². The van der Waals surface area contributed by atoms with Crippen molar-refractivity contribution in [2.45, 2.75) is 31.8 Å². The number of rotatable bonds is 7. The molecule has 0 atom stereocenters. The predicted octanol–water partition coefficient (Wildman–Crippen LogP) is 4.96. The molecular weight excluding hydrogens is 446 g/mol. The van der Waals surface area contributed by atoms with Crippen LogP contribution in [0.3, 0.4) is 0 Å². The molecular formula is C22H19N5O3S2. The van der Waals surface area contributed by atoms with E-state index in [0.29, 0.717) is 16.6 Å². The Bertz CT molecular complexity index is 1250. The van der Waals surface area contributed by atoms with E-state index >= 15 is 0 Å². The number of hydrogen-bond acceptors (Lipinski definition) is 7. The Hall–Kier alpha value is -3.37. The van der Waals surface area contributed by atoms with Gasteiger partial charge < -0.3 is 5.11 Å². The molecule has 2 heterocycles. The number of carbonyl (C=O) groups excluding carboxylic acids is 1. The smallest absolute Gasteiger partial charge is 0.407 e. The highest BCUT2D eigenvalue weighted by Crippen LogP contribution is 2.42. The summed E-state index contributed by atoms with van der Waals surface area (Å²) in [7, 11) is 0. The SMILES string of the molecule is O=C(Nc1nnc(C2CC2)s1)c1ccc(CN(Cc2nc3ccccc3s2)C(=O)O)cc1. The van der Waals surface area contributed by atoms with Crippen molar-refractivity contribution in [2.75, 3.05) is 5.32 Å². The Labute approximate surface area is 191 Å². The molecule has 2 amide bonds. The minimum Gasteiger partial charge on any atom is -0.465 e. The number of carboxylic acid groups (broad SMARTS) is 1. The molecule has 2 aromatic carbocycles. The van der Waals surface area contributed by atoms with Crippen LogP contribution < -0.4 is 5.32 Å². The number of nitrogens with zero attached hydrogens (tertiary/aromatic N) is 4. The number of hydrogen-bond donors (Lipinski definition) is 2. The summed E-state index contributed by atoms with van der Waals surface area (Å²) in [5.41, 5.74) is 2.13. The van der Waals surface area contributed by atoms with E-state index < -0.39 is 6.09 Å². The van der Waals surface area contributed by atoms with Gasteiger partial charge in [0, 0.05) is 18.0 Å². The first-order chi connectivity index (χ1) is 15.5. The third kappa shape index (κ3) is 4.61. The highest BCUT2D eigenvalue weighted by molar-refractivity contribution is 7.18. The lowest BCUT2D eigenvalue weighted by Crippen LogP contribution is -2.28. The number of amides is 2. The number of anilines is 1. The molecule has 8 nitrogen and oxygen atoms in total. The molecule has 2 aromatic heterocycles. The van der Waals surface area contributed by atoms with Crippen LogP contribution in [0.25, 0.3) is 10.2 Å². The van der Waals surface area contributed by atoms with E-state index in [1.54, 1.807) is 24.3 Å². The molecule has 5 rings (SSSR count). The minimum absolute atomic E-state index is 0.203. The summed E-state index contributed by atoms with van der Waals surface area (Å²) < 4.78 is 1.03. The highest BCUT2D eigenvalue weighted by atomic mass is 32.1. The largest absolute Gasteiger partial charge is 0.465 e. The van der Waals surface area contributed by atoms with Crippen LogP contribution in [0.1, 0.15) is 44.7 Å². The quantitative estimate of drug-likeness (QED) is 0.399. The lowest BCUT2D eigenvalue weighted by molar-refractivity contribution is 0.102. The first kappa shape index (κ1) is 20.5. The van der Waals surface area contributed by atoms with Crippen molar-refractivity contribution >= 4 is 50.0 Å². The van der Waals surface area contributed by atoms with Gasteiger partial charge >= 0.3 is 6.09 Å². The molecule has 0 bridgehead atoms. The minimum atomic E-state index is -1.02. The monoisotopic (exact) mass is 465 g/mol. The van der Waals surface area contributed by atoms with Gasteiger partial charge in [-0.25, -0.2) is 9.78 Å². The number of benzene rings is 2. The Kier molecular flexibility index (Phi) is 5.54. The third-order valence-electron chi connectivity index (χ3n) is 5.11. The molecule has 1 aliphatic rings. The van der Waals surface area contributed by atoms with Gasteiger partial charge in [0.15, 0.2) is 0 Å². The second-order valence-corrected chi connectivity index (χ2v) is 9.71. The summed E-state index contributed by atoms with van der Waals surface area (Å²) in [4.78, 5) is 30.1. The number of nitrogens with one attached hydrogen (secondary N) is 1. The fourth-order valence-electron chi connectivity index (χ4n) is 3.27. The maximum Gasteiger partial charge on any atom is 0.407 e. The predicted molar refractivity (Wildman–Crippen MR) is 123 cm³/mol. The van der Waals surface area contributed by atoms with Gasteiger partial charge in [-0.15, -0.1) is 21.5 Å². The van der Waals surface area contributed by atoms with E-state index in [1.807, 2.05) is 24.3 Å². The van der Waals surface area contributed by atoms with E-state index in [4.69, 9.17) is 0 Å². The lowest BCUT2D eigenvalue weighted by Gasteiger charge is -2.18. The van der Waals surface area contributed by atoms with Crippen molar-refractivity contribution < 1.29 is 14.7 Å². The van der Waals surface area contributed by atoms with Gasteiger partial charge in [-0.1, -0.05) is 35.6 Å². The molecule has 0 saturated heterocycles. The van der Waals surface area contributed by atoms with Crippen molar-refractivity contribution in [3.63, 3.8) is 0 Å². The Morgan fingerprint density at radius 2 is 1.81 bits per heavy atom. The zero-order valence-electron chi connectivity index (χ0n) is 16.9. The van der Waals surface area contributed by atoms with Crippen LogP contribution in [-0.4, -0.2) is 37.2 Å². The van der Waals surface area contributed by atoms with E-state index in [9.17, 15) is 14.7 Å². The van der Waals surface area contributed by atoms with Crippen LogP contribution in [0.15, 0.2) is 48.5 Å². The van der Waals surface area contributed by atoms with Crippen molar-refractivity contribution in [3.05, 3.63) is 69.7 Å². The van der Waals surface area contributed by atoms with E-state index in [0.717, 1.165) is 38.6 Å². The summed E-state index contributed by atoms with van der Waals surface area (Å²) in [6.07, 6.45) is 1.25. The average molecular weight is 466 g/mol. The molecule has 32 heavy (non-hydrogen) atoms. The maximum atomic E-state index is 12.5. The molecule has 4 aromatic rings. The van der Waals surface area contributed by atoms with Crippen molar-refractivity contribution in [1.29, 1.82) is 0 Å². The van der Waals surface area contributed by atoms with E-state index in [1.165, 1.54) is 27.6 Å². The van der Waals surface area contributed by atoms with Gasteiger partial charge in [-0.05, 0) is 42.7 Å². The fraction of sp³-hybridized carbons (Fsp3) is 0.227. The molecule has 162 valence electrons. The van der Waals surface area contributed by atoms with Crippen LogP contribution >= 0.6 is 22.7 Å². The van der Waals surface area contributed by atoms with Crippen LogP contribution in [0.4, 0.5) is 9.93 Å². The second-order valence-electron chi connectivity index (χ2n) is 7.58. The molecule has 1 fully saturated rings. The van der Waals surface area contributed by atoms with Gasteiger partial charge in [0.25, 0.3) is 5.91 Å². The second kappa shape index (κ2) is 8.64. The van der Waals surface area contributed by atoms with Gasteiger partial charge in [0.2, 0.25) is 5.13 Å². The summed E-state index contributed by atoms with van der Waals surface area (Å²) in [5.74, 6) is 0.233. The van der Waals surface area contributed by atoms with Crippen molar-refractivity contribution in [1.82, 2.24) is 20.1 Å². The third-order valence-corrected chi connectivity index (χ3v) is 7.13. The summed E-state index contributed by atoms with van der Waals surface area (Å²) in [5, 5.41) is 22.8. The first-order valence-corrected chi connectivity index (χ1v) is 11.7. The van der Waals surface area contributed by atoms with E-state index in [-0.39, 0.29) is 19.0 Å². The highest BCUT2D eigenvalue weighted by Gasteiger charge is 2.27. The molecule has 0 spiro atoms. The lowest BCUT2D eigenvalue weighted by atomic mass is 10.1. The molecule has 2 N–H and O–H groups in total. The average Bonchev–Trinajstić information content (AvgIpc) is 3.39. The molecule has 1 saturated carbocycles. The van der Waals surface area contributed by atoms with E-state index in [2.05, 4.69) is 20.5 Å². The molecule has 0 radical (unpaired) electrons. The number of thiazole rings is 1. The summed E-state index contributed by atoms with van der Waals surface area (Å²) >= 11 is 2.90.